The third-order valence-corrected chi connectivity index (χ3v) is 8.44. The van der Waals surface area contributed by atoms with Crippen LogP contribution in [0.1, 0.15) is 73.3 Å². The number of amides is 3. The van der Waals surface area contributed by atoms with Crippen molar-refractivity contribution in [1.82, 2.24) is 24.9 Å². The van der Waals surface area contributed by atoms with E-state index in [1.807, 2.05) is 31.2 Å². The Morgan fingerprint density at radius 3 is 2.44 bits per heavy atom. The fourth-order valence-corrected chi connectivity index (χ4v) is 5.95. The number of anilines is 1. The first-order chi connectivity index (χ1) is 18.8. The van der Waals surface area contributed by atoms with Gasteiger partial charge in [0.25, 0.3) is 11.8 Å². The van der Waals surface area contributed by atoms with Gasteiger partial charge in [0, 0.05) is 50.5 Å². The maximum absolute atomic E-state index is 13.7. The normalized spacial score (nSPS) is 21.7. The van der Waals surface area contributed by atoms with E-state index in [0.717, 1.165) is 50.0 Å². The summed E-state index contributed by atoms with van der Waals surface area (Å²) in [6.45, 7) is 7.15. The Hall–Kier alpha value is -3.56. The predicted octanol–water partition coefficient (Wildman–Crippen LogP) is 2.93. The highest BCUT2D eigenvalue weighted by Gasteiger charge is 2.48. The molecule has 1 N–H and O–H groups in total. The average Bonchev–Trinajstić information content (AvgIpc) is 3.63. The SMILES string of the molecule is CCCCN1C(=O)c2cc(C(=O)N3CCN(c4ccc(OC)cc4)CC3)nn2C[C@]1(C)C(=O)NC1CCCC1. The Kier molecular flexibility index (Phi) is 7.81. The lowest BCUT2D eigenvalue weighted by Gasteiger charge is -2.43. The number of nitrogens with one attached hydrogen (secondary N) is 1. The lowest BCUT2D eigenvalue weighted by atomic mass is 9.94. The topological polar surface area (TPSA) is 100 Å². The van der Waals surface area contributed by atoms with Crippen molar-refractivity contribution < 1.29 is 19.1 Å². The molecule has 0 bridgehead atoms. The number of hydrogen-bond donors (Lipinski definition) is 1. The minimum Gasteiger partial charge on any atom is -0.497 e. The summed E-state index contributed by atoms with van der Waals surface area (Å²) < 4.78 is 6.82. The maximum Gasteiger partial charge on any atom is 0.274 e. The van der Waals surface area contributed by atoms with E-state index in [2.05, 4.69) is 22.2 Å². The number of carbonyl (C=O) groups is 3. The molecule has 3 heterocycles. The molecule has 3 amide bonds. The van der Waals surface area contributed by atoms with Crippen LogP contribution in [0.25, 0.3) is 0 Å². The quantitative estimate of drug-likeness (QED) is 0.557. The van der Waals surface area contributed by atoms with Crippen LogP contribution in [-0.2, 0) is 11.3 Å². The molecule has 0 unspecified atom stereocenters. The van der Waals surface area contributed by atoms with Gasteiger partial charge in [0.05, 0.1) is 13.7 Å². The van der Waals surface area contributed by atoms with Crippen molar-refractivity contribution in [2.75, 3.05) is 44.7 Å². The maximum atomic E-state index is 13.7. The predicted molar refractivity (Wildman–Crippen MR) is 148 cm³/mol. The van der Waals surface area contributed by atoms with Crippen LogP contribution in [0.4, 0.5) is 5.69 Å². The molecule has 3 aliphatic rings. The standard InChI is InChI=1S/C29H40N6O4/c1-4-5-14-34-27(37)25-19-24(31-35(25)20-29(34,2)28(38)30-21-8-6-7-9-21)26(36)33-17-15-32(16-18-33)22-10-12-23(39-3)13-11-22/h10-13,19,21H,4-9,14-18,20H2,1-3H3,(H,30,38)/t29-/m1/s1. The number of aromatic nitrogens is 2. The Balaban J connectivity index is 1.30. The summed E-state index contributed by atoms with van der Waals surface area (Å²) in [6.07, 6.45) is 5.89. The summed E-state index contributed by atoms with van der Waals surface area (Å²) in [4.78, 5) is 46.4. The Morgan fingerprint density at radius 2 is 1.79 bits per heavy atom. The zero-order valence-electron chi connectivity index (χ0n) is 23.3. The molecule has 1 aromatic heterocycles. The van der Waals surface area contributed by atoms with Crippen LogP contribution >= 0.6 is 0 Å². The molecular formula is C29H40N6O4. The van der Waals surface area contributed by atoms with Gasteiger partial charge in [0.2, 0.25) is 5.91 Å². The number of methoxy groups -OCH3 is 1. The summed E-state index contributed by atoms with van der Waals surface area (Å²) in [6, 6.07) is 9.68. The van der Waals surface area contributed by atoms with Crippen LogP contribution in [0.3, 0.4) is 0 Å². The largest absolute Gasteiger partial charge is 0.497 e. The van der Waals surface area contributed by atoms with E-state index in [1.165, 1.54) is 0 Å². The van der Waals surface area contributed by atoms with Crippen LogP contribution < -0.4 is 15.0 Å². The number of fused-ring (bicyclic) bond motifs is 1. The molecule has 39 heavy (non-hydrogen) atoms. The highest BCUT2D eigenvalue weighted by atomic mass is 16.5. The molecular weight excluding hydrogens is 496 g/mol. The van der Waals surface area contributed by atoms with Gasteiger partial charge < -0.3 is 24.8 Å². The van der Waals surface area contributed by atoms with Gasteiger partial charge in [-0.2, -0.15) is 5.10 Å². The summed E-state index contributed by atoms with van der Waals surface area (Å²) in [5.74, 6) is 0.250. The van der Waals surface area contributed by atoms with Gasteiger partial charge in [0.1, 0.15) is 17.0 Å². The molecule has 1 aromatic carbocycles. The first-order valence-electron chi connectivity index (χ1n) is 14.2. The highest BCUT2D eigenvalue weighted by molar-refractivity contribution is 6.02. The second kappa shape index (κ2) is 11.3. The van der Waals surface area contributed by atoms with E-state index < -0.39 is 5.54 Å². The fraction of sp³-hybridized carbons (Fsp3) is 0.586. The monoisotopic (exact) mass is 536 g/mol. The van der Waals surface area contributed by atoms with Gasteiger partial charge in [0.15, 0.2) is 5.69 Å². The van der Waals surface area contributed by atoms with E-state index in [0.29, 0.717) is 38.4 Å². The summed E-state index contributed by atoms with van der Waals surface area (Å²) in [5.41, 5.74) is 0.663. The van der Waals surface area contributed by atoms with Crippen molar-refractivity contribution in [2.24, 2.45) is 0 Å². The third kappa shape index (κ3) is 5.33. The van der Waals surface area contributed by atoms with E-state index >= 15 is 0 Å². The lowest BCUT2D eigenvalue weighted by Crippen LogP contribution is -2.65. The molecule has 0 spiro atoms. The van der Waals surface area contributed by atoms with Gasteiger partial charge in [-0.25, -0.2) is 0 Å². The number of rotatable bonds is 8. The van der Waals surface area contributed by atoms with Crippen LogP contribution in [0.15, 0.2) is 30.3 Å². The highest BCUT2D eigenvalue weighted by Crippen LogP contribution is 2.30. The van der Waals surface area contributed by atoms with Gasteiger partial charge >= 0.3 is 0 Å². The second-order valence-corrected chi connectivity index (χ2v) is 11.1. The van der Waals surface area contributed by atoms with Crippen LogP contribution in [0, 0.1) is 0 Å². The van der Waals surface area contributed by atoms with Crippen LogP contribution in [-0.4, -0.2) is 88.7 Å². The molecule has 1 atom stereocenters. The number of piperazine rings is 1. The van der Waals surface area contributed by atoms with Crippen LogP contribution in [0.5, 0.6) is 5.75 Å². The van der Waals surface area contributed by atoms with Crippen molar-refractivity contribution in [1.29, 1.82) is 0 Å². The van der Waals surface area contributed by atoms with Crippen molar-refractivity contribution in [3.05, 3.63) is 41.7 Å². The lowest BCUT2D eigenvalue weighted by molar-refractivity contribution is -0.133. The molecule has 1 saturated heterocycles. The first-order valence-corrected chi connectivity index (χ1v) is 14.2. The van der Waals surface area contributed by atoms with Crippen molar-refractivity contribution >= 4 is 23.4 Å². The zero-order chi connectivity index (χ0) is 27.6. The van der Waals surface area contributed by atoms with Crippen molar-refractivity contribution in [2.45, 2.75) is 70.5 Å². The molecule has 0 radical (unpaired) electrons. The van der Waals surface area contributed by atoms with Crippen molar-refractivity contribution in [3.8, 4) is 5.75 Å². The zero-order valence-corrected chi connectivity index (χ0v) is 23.3. The number of nitrogens with zero attached hydrogens (tertiary/aromatic N) is 5. The molecule has 2 aliphatic heterocycles. The Bertz CT molecular complexity index is 1200. The van der Waals surface area contributed by atoms with Gasteiger partial charge in [-0.15, -0.1) is 0 Å². The number of unbranched alkanes of at least 4 members (excludes halogenated alkanes) is 1. The minimum atomic E-state index is -1.06. The second-order valence-electron chi connectivity index (χ2n) is 11.1. The Labute approximate surface area is 230 Å². The summed E-state index contributed by atoms with van der Waals surface area (Å²) in [5, 5.41) is 7.76. The van der Waals surface area contributed by atoms with Crippen molar-refractivity contribution in [3.63, 3.8) is 0 Å². The molecule has 10 heteroatoms. The molecule has 1 aliphatic carbocycles. The molecule has 2 fully saturated rings. The van der Waals surface area contributed by atoms with E-state index in [1.54, 1.807) is 27.7 Å². The smallest absolute Gasteiger partial charge is 0.274 e. The average molecular weight is 537 g/mol. The molecule has 210 valence electrons. The molecule has 5 rings (SSSR count). The van der Waals surface area contributed by atoms with E-state index in [9.17, 15) is 14.4 Å². The van der Waals surface area contributed by atoms with E-state index in [-0.39, 0.29) is 36.0 Å². The fourth-order valence-electron chi connectivity index (χ4n) is 5.95. The first kappa shape index (κ1) is 27.0. The Morgan fingerprint density at radius 1 is 1.10 bits per heavy atom. The number of carbonyl (C=O) groups excluding carboxylic acids is 3. The van der Waals surface area contributed by atoms with Gasteiger partial charge in [-0.3, -0.25) is 19.1 Å². The molecule has 2 aromatic rings. The number of ether oxygens (including phenoxy) is 1. The number of hydrogen-bond acceptors (Lipinski definition) is 6. The van der Waals surface area contributed by atoms with Gasteiger partial charge in [-0.05, 0) is 50.5 Å². The van der Waals surface area contributed by atoms with Crippen LogP contribution in [0.2, 0.25) is 0 Å². The molecule has 1 saturated carbocycles. The summed E-state index contributed by atoms with van der Waals surface area (Å²) >= 11 is 0. The van der Waals surface area contributed by atoms with E-state index in [4.69, 9.17) is 4.74 Å². The third-order valence-electron chi connectivity index (χ3n) is 8.44. The summed E-state index contributed by atoms with van der Waals surface area (Å²) in [7, 11) is 1.65. The number of benzene rings is 1. The van der Waals surface area contributed by atoms with Gasteiger partial charge in [-0.1, -0.05) is 26.2 Å². The molecule has 10 nitrogen and oxygen atoms in total. The minimum absolute atomic E-state index is 0.137.